The fraction of sp³-hybridized carbons (Fsp3) is 0.471. The van der Waals surface area contributed by atoms with Crippen LogP contribution in [0.25, 0.3) is 0 Å². The predicted molar refractivity (Wildman–Crippen MR) is 80.9 cm³/mol. The van der Waals surface area contributed by atoms with Crippen LogP contribution in [0.15, 0.2) is 24.3 Å². The molecule has 0 aliphatic heterocycles. The molecule has 0 saturated heterocycles. The molecule has 1 aromatic rings. The molecular weight excluding hydrogens is 234 g/mol. The number of amides is 1. The van der Waals surface area contributed by atoms with Gasteiger partial charge in [0.15, 0.2) is 0 Å². The van der Waals surface area contributed by atoms with Crippen LogP contribution in [0.4, 0.5) is 5.69 Å². The Morgan fingerprint density at radius 2 is 2.11 bits per heavy atom. The molecule has 1 amide bonds. The van der Waals surface area contributed by atoms with Crippen molar-refractivity contribution in [2.24, 2.45) is 11.3 Å². The molecule has 0 radical (unpaired) electrons. The van der Waals surface area contributed by atoms with Crippen molar-refractivity contribution in [3.63, 3.8) is 0 Å². The van der Waals surface area contributed by atoms with Crippen LogP contribution in [0.1, 0.15) is 46.1 Å². The molecule has 1 rings (SSSR count). The summed E-state index contributed by atoms with van der Waals surface area (Å²) in [6.07, 6.45) is 6.91. The van der Waals surface area contributed by atoms with Gasteiger partial charge in [0, 0.05) is 17.7 Å². The lowest BCUT2D eigenvalue weighted by molar-refractivity contribution is -0.117. The normalized spacial score (nSPS) is 12.6. The number of rotatable bonds is 4. The monoisotopic (exact) mass is 257 g/mol. The molecule has 0 aliphatic rings. The van der Waals surface area contributed by atoms with Crippen molar-refractivity contribution in [2.75, 3.05) is 5.32 Å². The van der Waals surface area contributed by atoms with E-state index in [4.69, 9.17) is 6.42 Å². The molecule has 0 spiro atoms. The van der Waals surface area contributed by atoms with E-state index in [1.165, 1.54) is 0 Å². The van der Waals surface area contributed by atoms with Crippen LogP contribution in [0.2, 0.25) is 0 Å². The van der Waals surface area contributed by atoms with Crippen LogP contribution in [0.3, 0.4) is 0 Å². The first-order valence-corrected chi connectivity index (χ1v) is 6.67. The van der Waals surface area contributed by atoms with Crippen LogP contribution >= 0.6 is 0 Å². The molecule has 1 N–H and O–H groups in total. The lowest BCUT2D eigenvalue weighted by atomic mass is 9.84. The van der Waals surface area contributed by atoms with E-state index in [1.54, 1.807) is 0 Å². The summed E-state index contributed by atoms with van der Waals surface area (Å²) in [5, 5.41) is 2.90. The fourth-order valence-corrected chi connectivity index (χ4v) is 2.33. The number of hydrogen-bond acceptors (Lipinski definition) is 1. The van der Waals surface area contributed by atoms with E-state index in [0.29, 0.717) is 12.3 Å². The summed E-state index contributed by atoms with van der Waals surface area (Å²) < 4.78 is 0. The minimum Gasteiger partial charge on any atom is -0.326 e. The van der Waals surface area contributed by atoms with Crippen LogP contribution < -0.4 is 5.32 Å². The van der Waals surface area contributed by atoms with Gasteiger partial charge < -0.3 is 5.32 Å². The highest BCUT2D eigenvalue weighted by atomic mass is 16.1. The SMILES string of the molecule is C#Cc1cccc(NC(=O)CC(C)CC(C)(C)C)c1. The Morgan fingerprint density at radius 3 is 2.68 bits per heavy atom. The van der Waals surface area contributed by atoms with Crippen LogP contribution in [0.5, 0.6) is 0 Å². The second kappa shape index (κ2) is 6.43. The lowest BCUT2D eigenvalue weighted by Crippen LogP contribution is -2.18. The van der Waals surface area contributed by atoms with Gasteiger partial charge in [-0.25, -0.2) is 0 Å². The molecule has 2 nitrogen and oxygen atoms in total. The van der Waals surface area contributed by atoms with Gasteiger partial charge in [-0.15, -0.1) is 6.42 Å². The molecule has 0 saturated carbocycles. The Balaban J connectivity index is 2.53. The second-order valence-corrected chi connectivity index (χ2v) is 6.35. The first-order chi connectivity index (χ1) is 8.80. The van der Waals surface area contributed by atoms with E-state index in [0.717, 1.165) is 17.7 Å². The van der Waals surface area contributed by atoms with Gasteiger partial charge in [-0.2, -0.15) is 0 Å². The number of anilines is 1. The molecule has 0 aliphatic carbocycles. The topological polar surface area (TPSA) is 29.1 Å². The zero-order valence-electron chi connectivity index (χ0n) is 12.3. The van der Waals surface area contributed by atoms with E-state index in [1.807, 2.05) is 24.3 Å². The summed E-state index contributed by atoms with van der Waals surface area (Å²) in [7, 11) is 0. The third kappa shape index (κ3) is 6.10. The zero-order chi connectivity index (χ0) is 14.5. The molecule has 102 valence electrons. The van der Waals surface area contributed by atoms with Gasteiger partial charge in [-0.1, -0.05) is 39.7 Å². The molecule has 1 atom stereocenters. The average molecular weight is 257 g/mol. The fourth-order valence-electron chi connectivity index (χ4n) is 2.33. The first-order valence-electron chi connectivity index (χ1n) is 6.67. The Hall–Kier alpha value is -1.75. The zero-order valence-corrected chi connectivity index (χ0v) is 12.3. The summed E-state index contributed by atoms with van der Waals surface area (Å²) in [6.45, 7) is 8.69. The van der Waals surface area contributed by atoms with Gasteiger partial charge in [-0.05, 0) is 36.0 Å². The third-order valence-corrected chi connectivity index (χ3v) is 2.81. The van der Waals surface area contributed by atoms with Gasteiger partial charge >= 0.3 is 0 Å². The Bertz CT molecular complexity index is 477. The molecular formula is C17H23NO. The number of carbonyl (C=O) groups is 1. The predicted octanol–water partition coefficient (Wildman–Crippen LogP) is 4.07. The summed E-state index contributed by atoms with van der Waals surface area (Å²) in [4.78, 5) is 11.9. The van der Waals surface area contributed by atoms with Crippen molar-refractivity contribution in [1.82, 2.24) is 0 Å². The molecule has 2 heteroatoms. The van der Waals surface area contributed by atoms with Crippen molar-refractivity contribution in [2.45, 2.75) is 40.5 Å². The van der Waals surface area contributed by atoms with E-state index in [-0.39, 0.29) is 11.3 Å². The van der Waals surface area contributed by atoms with Gasteiger partial charge in [0.25, 0.3) is 0 Å². The number of nitrogens with one attached hydrogen (secondary N) is 1. The molecule has 0 bridgehead atoms. The Morgan fingerprint density at radius 1 is 1.42 bits per heavy atom. The second-order valence-electron chi connectivity index (χ2n) is 6.35. The Kier molecular flexibility index (Phi) is 5.18. The third-order valence-electron chi connectivity index (χ3n) is 2.81. The van der Waals surface area contributed by atoms with E-state index in [9.17, 15) is 4.79 Å². The largest absolute Gasteiger partial charge is 0.326 e. The van der Waals surface area contributed by atoms with Crippen LogP contribution in [0, 0.1) is 23.7 Å². The standard InChI is InChI=1S/C17H23NO/c1-6-14-8-7-9-15(11-14)18-16(19)10-13(2)12-17(3,4)5/h1,7-9,11,13H,10,12H2,2-5H3,(H,18,19). The molecule has 19 heavy (non-hydrogen) atoms. The van der Waals surface area contributed by atoms with Gasteiger partial charge in [0.05, 0.1) is 0 Å². The maximum atomic E-state index is 11.9. The smallest absolute Gasteiger partial charge is 0.224 e. The minimum absolute atomic E-state index is 0.0471. The van der Waals surface area contributed by atoms with Gasteiger partial charge in [0.2, 0.25) is 5.91 Å². The van der Waals surface area contributed by atoms with Gasteiger partial charge in [0.1, 0.15) is 0 Å². The van der Waals surface area contributed by atoms with Crippen molar-refractivity contribution in [3.05, 3.63) is 29.8 Å². The maximum absolute atomic E-state index is 11.9. The average Bonchev–Trinajstić information content (AvgIpc) is 2.26. The van der Waals surface area contributed by atoms with E-state index >= 15 is 0 Å². The molecule has 0 fully saturated rings. The van der Waals surface area contributed by atoms with Gasteiger partial charge in [-0.3, -0.25) is 4.79 Å². The van der Waals surface area contributed by atoms with Crippen LogP contribution in [-0.4, -0.2) is 5.91 Å². The van der Waals surface area contributed by atoms with Crippen molar-refractivity contribution >= 4 is 11.6 Å². The first kappa shape index (κ1) is 15.3. The highest BCUT2D eigenvalue weighted by Crippen LogP contribution is 2.26. The van der Waals surface area contributed by atoms with E-state index in [2.05, 4.69) is 38.9 Å². The maximum Gasteiger partial charge on any atom is 0.224 e. The number of hydrogen-bond donors (Lipinski definition) is 1. The summed E-state index contributed by atoms with van der Waals surface area (Å²) in [5.41, 5.74) is 1.80. The molecule has 1 unspecified atom stereocenters. The molecule has 1 aromatic carbocycles. The van der Waals surface area contributed by atoms with Crippen LogP contribution in [-0.2, 0) is 4.79 Å². The summed E-state index contributed by atoms with van der Waals surface area (Å²) in [5.74, 6) is 2.98. The lowest BCUT2D eigenvalue weighted by Gasteiger charge is -2.22. The minimum atomic E-state index is 0.0471. The molecule has 0 aromatic heterocycles. The van der Waals surface area contributed by atoms with Crippen molar-refractivity contribution in [3.8, 4) is 12.3 Å². The van der Waals surface area contributed by atoms with E-state index < -0.39 is 0 Å². The Labute approximate surface area is 116 Å². The summed E-state index contributed by atoms with van der Waals surface area (Å²) in [6, 6.07) is 7.36. The quantitative estimate of drug-likeness (QED) is 0.809. The summed E-state index contributed by atoms with van der Waals surface area (Å²) >= 11 is 0. The highest BCUT2D eigenvalue weighted by Gasteiger charge is 2.17. The number of benzene rings is 1. The van der Waals surface area contributed by atoms with Crippen molar-refractivity contribution < 1.29 is 4.79 Å². The molecule has 0 heterocycles. The number of carbonyl (C=O) groups excluding carboxylic acids is 1. The highest BCUT2D eigenvalue weighted by molar-refractivity contribution is 5.91. The van der Waals surface area contributed by atoms with Crippen molar-refractivity contribution in [1.29, 1.82) is 0 Å². The number of terminal acetylenes is 1.